The van der Waals surface area contributed by atoms with Crippen molar-refractivity contribution in [2.24, 2.45) is 5.92 Å². The summed E-state index contributed by atoms with van der Waals surface area (Å²) in [6.45, 7) is 12.7. The molecule has 1 saturated carbocycles. The fourth-order valence-corrected chi connectivity index (χ4v) is 4.02. The van der Waals surface area contributed by atoms with E-state index in [2.05, 4.69) is 41.9 Å². The minimum absolute atomic E-state index is 0.511. The van der Waals surface area contributed by atoms with E-state index in [-0.39, 0.29) is 0 Å². The normalized spacial score (nSPS) is 27.5. The fourth-order valence-electron chi connectivity index (χ4n) is 3.40. The van der Waals surface area contributed by atoms with Gasteiger partial charge in [-0.05, 0) is 32.1 Å². The number of hydrogen-bond donors (Lipinski definition) is 0. The molecule has 1 aliphatic carbocycles. The largest absolute Gasteiger partial charge is 0.377 e. The van der Waals surface area contributed by atoms with Crippen LogP contribution in [0.4, 0.5) is 0 Å². The van der Waals surface area contributed by atoms with Crippen molar-refractivity contribution in [2.45, 2.75) is 38.8 Å². The molecule has 0 radical (unpaired) electrons. The summed E-state index contributed by atoms with van der Waals surface area (Å²) >= 11 is 1.90. The molecule has 2 aliphatic rings. The maximum Gasteiger partial charge on any atom is 0.0605 e. The molecular weight excluding hydrogens is 294 g/mol. The van der Waals surface area contributed by atoms with Crippen molar-refractivity contribution in [3.63, 3.8) is 0 Å². The number of nitrogens with zero attached hydrogens (tertiary/aromatic N) is 3. The van der Waals surface area contributed by atoms with Gasteiger partial charge in [0.05, 0.1) is 12.7 Å². The summed E-state index contributed by atoms with van der Waals surface area (Å²) in [7, 11) is 2.23. The second kappa shape index (κ2) is 9.48. The Morgan fingerprint density at radius 3 is 2.36 bits per heavy atom. The van der Waals surface area contributed by atoms with Gasteiger partial charge in [0.15, 0.2) is 0 Å². The van der Waals surface area contributed by atoms with Crippen LogP contribution in [0.1, 0.15) is 26.7 Å². The van der Waals surface area contributed by atoms with Gasteiger partial charge in [0.25, 0.3) is 0 Å². The van der Waals surface area contributed by atoms with E-state index >= 15 is 0 Å². The monoisotopic (exact) mass is 329 g/mol. The third-order valence-electron chi connectivity index (χ3n) is 4.88. The van der Waals surface area contributed by atoms with Crippen LogP contribution in [0.2, 0.25) is 0 Å². The van der Waals surface area contributed by atoms with E-state index < -0.39 is 0 Å². The number of thioether (sulfide) groups is 1. The molecule has 0 aromatic heterocycles. The minimum atomic E-state index is 0.511. The molecule has 2 fully saturated rings. The summed E-state index contributed by atoms with van der Waals surface area (Å²) in [6, 6.07) is 0.747. The highest BCUT2D eigenvalue weighted by Crippen LogP contribution is 2.28. The summed E-state index contributed by atoms with van der Waals surface area (Å²) in [5, 5.41) is 0. The summed E-state index contributed by atoms with van der Waals surface area (Å²) < 4.78 is 6.04. The van der Waals surface area contributed by atoms with Crippen LogP contribution >= 0.6 is 11.8 Å². The molecule has 0 spiro atoms. The van der Waals surface area contributed by atoms with E-state index in [0.29, 0.717) is 6.10 Å². The summed E-state index contributed by atoms with van der Waals surface area (Å²) in [5.74, 6) is 1.92. The van der Waals surface area contributed by atoms with E-state index in [1.54, 1.807) is 0 Å². The molecule has 130 valence electrons. The van der Waals surface area contributed by atoms with E-state index in [9.17, 15) is 0 Å². The third kappa shape index (κ3) is 6.00. The minimum Gasteiger partial charge on any atom is -0.377 e. The number of hydrogen-bond acceptors (Lipinski definition) is 5. The Balaban J connectivity index is 1.49. The molecule has 0 bridgehead atoms. The Labute approximate surface area is 141 Å². The van der Waals surface area contributed by atoms with Crippen LogP contribution in [0.5, 0.6) is 0 Å². The van der Waals surface area contributed by atoms with Gasteiger partial charge in [-0.3, -0.25) is 9.80 Å². The van der Waals surface area contributed by atoms with Crippen molar-refractivity contribution in [3.8, 4) is 0 Å². The van der Waals surface area contributed by atoms with Gasteiger partial charge in [0.2, 0.25) is 0 Å². The maximum absolute atomic E-state index is 6.04. The molecule has 1 heterocycles. The van der Waals surface area contributed by atoms with Gasteiger partial charge in [0.1, 0.15) is 0 Å². The van der Waals surface area contributed by atoms with Gasteiger partial charge in [-0.25, -0.2) is 0 Å². The summed E-state index contributed by atoms with van der Waals surface area (Å²) in [5.41, 5.74) is 0. The highest BCUT2D eigenvalue weighted by molar-refractivity contribution is 7.98. The number of ether oxygens (including phenoxy) is 1. The Hall–Kier alpha value is 0.190. The zero-order valence-electron chi connectivity index (χ0n) is 15.0. The Kier molecular flexibility index (Phi) is 7.98. The average molecular weight is 330 g/mol. The molecule has 0 N–H and O–H groups in total. The second-order valence-electron chi connectivity index (χ2n) is 7.33. The first-order valence-corrected chi connectivity index (χ1v) is 10.2. The van der Waals surface area contributed by atoms with Crippen molar-refractivity contribution in [1.82, 2.24) is 14.7 Å². The molecule has 0 amide bonds. The zero-order valence-corrected chi connectivity index (χ0v) is 15.8. The number of piperazine rings is 1. The Morgan fingerprint density at radius 2 is 1.77 bits per heavy atom. The van der Waals surface area contributed by atoms with Gasteiger partial charge in [-0.2, -0.15) is 0 Å². The SMILES string of the molecule is CSCN(C)C1CC(OCCN2CCN(CC(C)C)CC2)C1. The van der Waals surface area contributed by atoms with E-state index in [0.717, 1.165) is 31.0 Å². The van der Waals surface area contributed by atoms with Crippen LogP contribution in [0.3, 0.4) is 0 Å². The van der Waals surface area contributed by atoms with Crippen molar-refractivity contribution in [1.29, 1.82) is 0 Å². The van der Waals surface area contributed by atoms with Crippen LogP contribution in [0.15, 0.2) is 0 Å². The Morgan fingerprint density at radius 1 is 1.14 bits per heavy atom. The highest BCUT2D eigenvalue weighted by Gasteiger charge is 2.32. The van der Waals surface area contributed by atoms with Gasteiger partial charge in [-0.1, -0.05) is 13.8 Å². The molecule has 4 nitrogen and oxygen atoms in total. The maximum atomic E-state index is 6.04. The molecule has 5 heteroatoms. The quantitative estimate of drug-likeness (QED) is 0.601. The van der Waals surface area contributed by atoms with Crippen LogP contribution < -0.4 is 0 Å². The standard InChI is InChI=1S/C17H35N3OS/c1-15(2)13-20-7-5-19(6-8-20)9-10-21-17-11-16(12-17)18(3)14-22-4/h15-17H,5-14H2,1-4H3. The van der Waals surface area contributed by atoms with Gasteiger partial charge in [-0.15, -0.1) is 11.8 Å². The lowest BCUT2D eigenvalue weighted by atomic mass is 9.88. The number of rotatable bonds is 9. The van der Waals surface area contributed by atoms with Crippen molar-refractivity contribution in [2.75, 3.05) is 65.1 Å². The first kappa shape index (κ1) is 18.5. The van der Waals surface area contributed by atoms with E-state index in [1.165, 1.54) is 45.6 Å². The van der Waals surface area contributed by atoms with Gasteiger partial charge >= 0.3 is 0 Å². The van der Waals surface area contributed by atoms with Gasteiger partial charge < -0.3 is 9.64 Å². The van der Waals surface area contributed by atoms with E-state index in [1.807, 2.05) is 11.8 Å². The first-order valence-electron chi connectivity index (χ1n) is 8.84. The van der Waals surface area contributed by atoms with Crippen LogP contribution in [0, 0.1) is 5.92 Å². The first-order chi connectivity index (χ1) is 10.6. The molecule has 0 aromatic rings. The predicted octanol–water partition coefficient (Wildman–Crippen LogP) is 2.06. The fraction of sp³-hybridized carbons (Fsp3) is 1.00. The smallest absolute Gasteiger partial charge is 0.0605 e. The molecule has 0 aromatic carbocycles. The summed E-state index contributed by atoms with van der Waals surface area (Å²) in [4.78, 5) is 7.62. The summed E-state index contributed by atoms with van der Waals surface area (Å²) in [6.07, 6.45) is 5.12. The molecule has 1 aliphatic heterocycles. The molecule has 22 heavy (non-hydrogen) atoms. The Bertz CT molecular complexity index is 302. The lowest BCUT2D eigenvalue weighted by Gasteiger charge is -2.41. The molecule has 2 rings (SSSR count). The third-order valence-corrected chi connectivity index (χ3v) is 5.54. The van der Waals surface area contributed by atoms with Crippen molar-refractivity contribution < 1.29 is 4.74 Å². The van der Waals surface area contributed by atoms with Crippen LogP contribution in [-0.2, 0) is 4.74 Å². The second-order valence-corrected chi connectivity index (χ2v) is 8.16. The topological polar surface area (TPSA) is 19.0 Å². The van der Waals surface area contributed by atoms with Crippen molar-refractivity contribution >= 4 is 11.8 Å². The average Bonchev–Trinajstić information content (AvgIpc) is 2.42. The van der Waals surface area contributed by atoms with E-state index in [4.69, 9.17) is 4.74 Å². The van der Waals surface area contributed by atoms with Crippen LogP contribution in [0.25, 0.3) is 0 Å². The van der Waals surface area contributed by atoms with Crippen LogP contribution in [-0.4, -0.2) is 91.9 Å². The zero-order chi connectivity index (χ0) is 15.9. The molecular formula is C17H35N3OS. The lowest BCUT2D eigenvalue weighted by Crippen LogP contribution is -2.49. The molecule has 1 saturated heterocycles. The van der Waals surface area contributed by atoms with Crippen molar-refractivity contribution in [3.05, 3.63) is 0 Å². The molecule has 0 unspecified atom stereocenters. The van der Waals surface area contributed by atoms with Gasteiger partial charge in [0, 0.05) is 51.2 Å². The lowest BCUT2D eigenvalue weighted by molar-refractivity contribution is -0.0492. The highest BCUT2D eigenvalue weighted by atomic mass is 32.2. The molecule has 0 atom stereocenters. The predicted molar refractivity (Wildman–Crippen MR) is 96.6 cm³/mol.